The van der Waals surface area contributed by atoms with Crippen molar-refractivity contribution in [2.75, 3.05) is 0 Å². The normalized spacial score (nSPS) is 12.1. The van der Waals surface area contributed by atoms with Crippen LogP contribution >= 0.6 is 22.0 Å². The Morgan fingerprint density at radius 2 is 0.733 bits per heavy atom. The van der Waals surface area contributed by atoms with Gasteiger partial charge in [0.2, 0.25) is 0 Å². The van der Waals surface area contributed by atoms with Gasteiger partial charge in [0.1, 0.15) is 34.8 Å². The van der Waals surface area contributed by atoms with Gasteiger partial charge in [-0.3, -0.25) is 4.98 Å². The zero-order valence-corrected chi connectivity index (χ0v) is 63.8. The lowest BCUT2D eigenvalue weighted by atomic mass is 9.99. The monoisotopic (exact) mass is 1540 g/mol. The first-order valence-electron chi connectivity index (χ1n) is 33.9. The fourth-order valence-corrected chi connectivity index (χ4v) is 10.3. The van der Waals surface area contributed by atoms with Gasteiger partial charge in [-0.1, -0.05) is 229 Å². The van der Waals surface area contributed by atoms with E-state index in [9.17, 15) is 80.9 Å². The first-order valence-corrected chi connectivity index (χ1v) is 36.7. The number of rotatable bonds is 16. The fourth-order valence-electron chi connectivity index (χ4n) is 8.88. The van der Waals surface area contributed by atoms with Crippen molar-refractivity contribution in [1.82, 2.24) is 4.98 Å². The summed E-state index contributed by atoms with van der Waals surface area (Å²) in [6.45, 7) is 33.7. The van der Waals surface area contributed by atoms with Gasteiger partial charge in [0.25, 0.3) is 0 Å². The highest BCUT2D eigenvalue weighted by atomic mass is 32.5. The van der Waals surface area contributed by atoms with E-state index in [4.69, 9.17) is 5.26 Å². The molecule has 0 amide bonds. The molecule has 105 heavy (non-hydrogen) atoms. The number of alkyl halides is 9. The smallest absolute Gasteiger partial charge is 0.406 e. The summed E-state index contributed by atoms with van der Waals surface area (Å²) >= 11 is -0.776. The zero-order chi connectivity index (χ0) is 80.7. The van der Waals surface area contributed by atoms with E-state index in [1.54, 1.807) is 26.0 Å². The van der Waals surface area contributed by atoms with Crippen molar-refractivity contribution in [3.8, 4) is 11.8 Å². The van der Waals surface area contributed by atoms with Crippen LogP contribution in [0.3, 0.4) is 0 Å². The molecule has 0 aliphatic carbocycles. The van der Waals surface area contributed by atoms with Crippen LogP contribution in [-0.4, -0.2) is 16.9 Å². The maximum absolute atomic E-state index is 13.2. The minimum absolute atomic E-state index is 0.120. The average Bonchev–Trinajstić information content (AvgIpc) is 0.712. The lowest BCUT2D eigenvalue weighted by Crippen LogP contribution is -2.17. The Balaban J connectivity index is 0.000000604. The Morgan fingerprint density at radius 1 is 0.410 bits per heavy atom. The number of ether oxygens (including phenoxy) is 1. The Hall–Kier alpha value is -7.65. The molecular weight excluding hydrogens is 1440 g/mol. The van der Waals surface area contributed by atoms with Crippen molar-refractivity contribution < 1.29 is 85.6 Å². The van der Waals surface area contributed by atoms with E-state index in [1.165, 1.54) is 110 Å². The van der Waals surface area contributed by atoms with Crippen LogP contribution in [0.5, 0.6) is 5.75 Å². The first kappa shape index (κ1) is 95.4. The van der Waals surface area contributed by atoms with Crippen molar-refractivity contribution in [3.63, 3.8) is 0 Å². The van der Waals surface area contributed by atoms with E-state index in [0.29, 0.717) is 35.2 Å². The molecular formula is C81H97F19N2OS2. The Kier molecular flexibility index (Phi) is 38.7. The van der Waals surface area contributed by atoms with Gasteiger partial charge in [0.05, 0.1) is 22.1 Å². The Bertz CT molecular complexity index is 3770. The second-order valence-electron chi connectivity index (χ2n) is 26.7. The third-order valence-corrected chi connectivity index (χ3v) is 17.2. The van der Waals surface area contributed by atoms with Gasteiger partial charge < -0.3 is 4.74 Å². The number of benzene rings is 7. The Morgan fingerprint density at radius 3 is 1.04 bits per heavy atom. The van der Waals surface area contributed by atoms with Crippen molar-refractivity contribution in [1.29, 1.82) is 5.26 Å². The molecule has 1 aromatic heterocycles. The number of nitrogens with zero attached hydrogens (tertiary/aromatic N) is 2. The SMILES string of the molecule is CC(C)c1cc(F)c(S(F)(F)(F)(F)F)c(F)c1.CC(C)c1cc(F)c(SC(F)(F)F)c(F)c1.CC(C)c1ccc(C#N)cc1.CC(C)c1ccc(C(F)(F)F)cc1.CC(C)c1ccc(F)cc1.CC(C)c1ccc(OC(F)(F)F)cc1.CC(C)c1ccncc1.CCCCCCc1ccc(C(C)C)cc1. The quantitative estimate of drug-likeness (QED) is 0.0549. The van der Waals surface area contributed by atoms with Crippen LogP contribution in [0.25, 0.3) is 0 Å². The minimum Gasteiger partial charge on any atom is -0.406 e. The molecule has 3 nitrogen and oxygen atoms in total. The van der Waals surface area contributed by atoms with E-state index >= 15 is 0 Å². The van der Waals surface area contributed by atoms with Gasteiger partial charge in [-0.05, 0) is 207 Å². The van der Waals surface area contributed by atoms with Crippen LogP contribution < -0.4 is 4.74 Å². The molecule has 0 spiro atoms. The van der Waals surface area contributed by atoms with Gasteiger partial charge in [0, 0.05) is 12.4 Å². The second-order valence-corrected chi connectivity index (χ2v) is 30.2. The maximum Gasteiger partial charge on any atom is 0.573 e. The maximum atomic E-state index is 13.2. The molecule has 1 heterocycles. The highest BCUT2D eigenvalue weighted by molar-refractivity contribution is 8.45. The third kappa shape index (κ3) is 39.0. The van der Waals surface area contributed by atoms with E-state index in [0.717, 1.165) is 41.0 Å². The lowest BCUT2D eigenvalue weighted by Gasteiger charge is -2.40. The molecule has 8 rings (SSSR count). The zero-order valence-electron chi connectivity index (χ0n) is 62.1. The molecule has 0 fully saturated rings. The fraction of sp³-hybridized carbons (Fsp3) is 0.407. The standard InChI is InChI=1S/C15H24.C10H9F5S.C10H11F3O.C10H11F3.C10H11N.C9H9F7S.C9H11F.C8H11N/c1-4-5-6-7-8-14-9-11-15(12-10-14)13(2)3;1-5(2)6-3-7(11)9(8(12)4-6)16-10(13,14)15;1-7(2)8-3-5-9(6-4-8)14-10(11,12)13;1-7(2)8-3-5-9(6-4-8)10(11,12)13;1-8(2)10-5-3-9(7-11)4-6-10;1-5(2)6-3-7(10)9(8(11)4-6)17(12,13,14,15)16;1-7(2)8-3-5-9(10)6-4-8;1-7(2)8-3-5-9-6-4-8/h9-13H,4-8H2,1-3H3;3-5H,1-2H3;3-7H,1-2H3;3-7H,1-2H3;3-6,8H,1-2H3;3-5H,1-2H3;3-7H,1-2H3;3-7H,1-2H3. The molecule has 0 aliphatic rings. The number of aromatic nitrogens is 1. The van der Waals surface area contributed by atoms with Crippen molar-refractivity contribution in [2.24, 2.45) is 0 Å². The van der Waals surface area contributed by atoms with Gasteiger partial charge in [-0.15, -0.1) is 13.2 Å². The van der Waals surface area contributed by atoms with Crippen molar-refractivity contribution in [3.05, 3.63) is 260 Å². The number of aryl methyl sites for hydroxylation is 1. The second kappa shape index (κ2) is 42.6. The summed E-state index contributed by atoms with van der Waals surface area (Å²) in [5.41, 5.74) is 4.34. The van der Waals surface area contributed by atoms with Crippen LogP contribution in [0.4, 0.5) is 80.9 Å². The highest BCUT2D eigenvalue weighted by Crippen LogP contribution is 3.02. The number of nitriles is 1. The first-order chi connectivity index (χ1) is 48.2. The van der Waals surface area contributed by atoms with E-state index in [-0.39, 0.29) is 41.1 Å². The third-order valence-electron chi connectivity index (χ3n) is 15.2. The topological polar surface area (TPSA) is 45.9 Å². The van der Waals surface area contributed by atoms with Crippen LogP contribution in [-0.2, 0) is 12.6 Å². The van der Waals surface area contributed by atoms with Crippen molar-refractivity contribution >= 4 is 22.0 Å². The van der Waals surface area contributed by atoms with Crippen LogP contribution in [0.1, 0.15) is 252 Å². The number of hydrogen-bond donors (Lipinski definition) is 0. The van der Waals surface area contributed by atoms with Crippen LogP contribution in [0.15, 0.2) is 180 Å². The number of thioether (sulfide) groups is 1. The van der Waals surface area contributed by atoms with Crippen LogP contribution in [0.2, 0.25) is 0 Å². The van der Waals surface area contributed by atoms with Crippen molar-refractivity contribution in [2.45, 2.75) is 225 Å². The number of pyridine rings is 1. The lowest BCUT2D eigenvalue weighted by molar-refractivity contribution is -0.274. The van der Waals surface area contributed by atoms with Gasteiger partial charge in [-0.2, -0.15) is 31.6 Å². The van der Waals surface area contributed by atoms with Gasteiger partial charge in [-0.25, -0.2) is 22.0 Å². The molecule has 0 bridgehead atoms. The molecule has 0 saturated carbocycles. The molecule has 0 atom stereocenters. The van der Waals surface area contributed by atoms with Gasteiger partial charge >= 0.3 is 28.3 Å². The number of unbranched alkanes of at least 4 members (excludes halogenated alkanes) is 3. The molecule has 24 heteroatoms. The summed E-state index contributed by atoms with van der Waals surface area (Å²) in [5, 5.41) is 8.52. The predicted octanol–water partition coefficient (Wildman–Crippen LogP) is 30.8. The van der Waals surface area contributed by atoms with Gasteiger partial charge in [0.15, 0.2) is 4.90 Å². The molecule has 0 radical (unpaired) electrons. The molecule has 0 saturated heterocycles. The number of halogens is 19. The molecule has 0 N–H and O–H groups in total. The highest BCUT2D eigenvalue weighted by Gasteiger charge is 2.69. The van der Waals surface area contributed by atoms with E-state index in [2.05, 4.69) is 102 Å². The largest absolute Gasteiger partial charge is 0.573 e. The van der Waals surface area contributed by atoms with Crippen LogP contribution in [0, 0.1) is 40.4 Å². The predicted molar refractivity (Wildman–Crippen MR) is 389 cm³/mol. The van der Waals surface area contributed by atoms with E-state index < -0.39 is 84.6 Å². The average molecular weight is 1540 g/mol. The number of hydrogen-bond acceptors (Lipinski definition) is 4. The molecule has 0 unspecified atom stereocenters. The summed E-state index contributed by atoms with van der Waals surface area (Å²) in [6, 6.07) is 43.3. The molecule has 8 aromatic rings. The molecule has 582 valence electrons. The molecule has 7 aromatic carbocycles. The summed E-state index contributed by atoms with van der Waals surface area (Å²) in [5.74, 6) is -5.02. The summed E-state index contributed by atoms with van der Waals surface area (Å²) in [4.78, 5) is -0.150. The summed E-state index contributed by atoms with van der Waals surface area (Å²) in [7, 11) is -10.3. The summed E-state index contributed by atoms with van der Waals surface area (Å²) < 4.78 is 238. The van der Waals surface area contributed by atoms with E-state index in [1.807, 2.05) is 88.6 Å². The molecule has 0 aliphatic heterocycles. The summed E-state index contributed by atoms with van der Waals surface area (Å²) in [6.07, 6.45) is 1.49. The minimum atomic E-state index is -10.3. The Labute approximate surface area is 612 Å².